The van der Waals surface area contributed by atoms with Crippen LogP contribution in [0.15, 0.2) is 36.7 Å². The Morgan fingerprint density at radius 1 is 1.26 bits per heavy atom. The first kappa shape index (κ1) is 25.6. The van der Waals surface area contributed by atoms with E-state index in [4.69, 9.17) is 9.47 Å². The molecule has 5 rings (SSSR count). The van der Waals surface area contributed by atoms with E-state index in [0.29, 0.717) is 12.0 Å². The molecule has 0 saturated carbocycles. The number of benzene rings is 1. The summed E-state index contributed by atoms with van der Waals surface area (Å²) in [5.41, 5.74) is -0.273. The predicted molar refractivity (Wildman–Crippen MR) is 125 cm³/mol. The number of fused-ring (bicyclic) bond motifs is 3. The highest BCUT2D eigenvalue weighted by molar-refractivity contribution is 6.06. The Morgan fingerprint density at radius 2 is 2.03 bits per heavy atom. The van der Waals surface area contributed by atoms with Crippen LogP contribution in [0.5, 0.6) is 0 Å². The molecule has 2 amide bonds. The average Bonchev–Trinajstić information content (AvgIpc) is 3.53. The maximum atomic E-state index is 12.7. The highest BCUT2D eigenvalue weighted by atomic mass is 19.4. The third-order valence-corrected chi connectivity index (χ3v) is 6.40. The number of anilines is 1. The van der Waals surface area contributed by atoms with Crippen LogP contribution in [-0.2, 0) is 14.3 Å². The standard InChI is InChI=1S/C24H21F3N6O5/c1-2-23-11-37-16(17(23)34)21(38-23)33-14(9-6-10-28-22(36)24(25,26)27)31-15-18(29-12-30-19(15)33)32-20(35)13-7-4-3-5-8-13/h3-5,7-8,12,16-17,21,34H,2,10-11H2,1H3,(H,28,36)(H,29,30,32,35)/t16-,17?,21+,23-/m0/s1. The second-order valence-electron chi connectivity index (χ2n) is 8.65. The van der Waals surface area contributed by atoms with Crippen molar-refractivity contribution in [1.29, 1.82) is 0 Å². The number of amides is 2. The lowest BCUT2D eigenvalue weighted by Crippen LogP contribution is -2.39. The van der Waals surface area contributed by atoms with Crippen LogP contribution in [0.2, 0.25) is 0 Å². The molecule has 4 heterocycles. The quantitative estimate of drug-likeness (QED) is 0.422. The molecule has 4 atom stereocenters. The molecule has 0 aliphatic carbocycles. The number of nitrogens with zero attached hydrogens (tertiary/aromatic N) is 4. The molecule has 2 fully saturated rings. The van der Waals surface area contributed by atoms with Crippen LogP contribution in [0.25, 0.3) is 11.2 Å². The Kier molecular flexibility index (Phi) is 6.51. The van der Waals surface area contributed by atoms with E-state index in [-0.39, 0.29) is 29.4 Å². The number of ether oxygens (including phenoxy) is 2. The van der Waals surface area contributed by atoms with Crippen molar-refractivity contribution in [3.8, 4) is 11.8 Å². The number of carbonyl (C=O) groups excluding carboxylic acids is 2. The van der Waals surface area contributed by atoms with E-state index < -0.39 is 48.6 Å². The van der Waals surface area contributed by atoms with Gasteiger partial charge in [0.2, 0.25) is 0 Å². The van der Waals surface area contributed by atoms with Crippen LogP contribution in [0.1, 0.15) is 35.8 Å². The minimum absolute atomic E-state index is 0.00318. The number of aliphatic hydroxyl groups is 1. The molecule has 3 aromatic rings. The Balaban J connectivity index is 1.53. The number of nitrogens with one attached hydrogen (secondary N) is 2. The van der Waals surface area contributed by atoms with Gasteiger partial charge in [0.25, 0.3) is 5.91 Å². The fourth-order valence-corrected chi connectivity index (χ4v) is 4.40. The third-order valence-electron chi connectivity index (χ3n) is 6.40. The fourth-order valence-electron chi connectivity index (χ4n) is 4.40. The van der Waals surface area contributed by atoms with E-state index in [1.165, 1.54) is 10.9 Å². The van der Waals surface area contributed by atoms with E-state index in [1.54, 1.807) is 35.6 Å². The number of carbonyl (C=O) groups is 2. The van der Waals surface area contributed by atoms with Crippen LogP contribution >= 0.6 is 0 Å². The second-order valence-corrected chi connectivity index (χ2v) is 8.65. The lowest BCUT2D eigenvalue weighted by Gasteiger charge is -2.30. The summed E-state index contributed by atoms with van der Waals surface area (Å²) < 4.78 is 50.9. The van der Waals surface area contributed by atoms with Crippen LogP contribution in [0.3, 0.4) is 0 Å². The minimum atomic E-state index is -5.05. The molecule has 0 spiro atoms. The molecule has 1 unspecified atom stereocenters. The monoisotopic (exact) mass is 530 g/mol. The molecule has 2 saturated heterocycles. The van der Waals surface area contributed by atoms with Gasteiger partial charge in [0, 0.05) is 5.56 Å². The highest BCUT2D eigenvalue weighted by Crippen LogP contribution is 2.47. The fraction of sp³-hybridized carbons (Fsp3) is 0.375. The maximum absolute atomic E-state index is 12.7. The van der Waals surface area contributed by atoms with Gasteiger partial charge in [0.1, 0.15) is 24.1 Å². The Morgan fingerprint density at radius 3 is 2.71 bits per heavy atom. The van der Waals surface area contributed by atoms with Crippen molar-refractivity contribution in [1.82, 2.24) is 24.8 Å². The van der Waals surface area contributed by atoms with Gasteiger partial charge in [-0.05, 0) is 24.5 Å². The third kappa shape index (κ3) is 4.44. The maximum Gasteiger partial charge on any atom is 0.471 e. The number of imidazole rings is 1. The highest BCUT2D eigenvalue weighted by Gasteiger charge is 2.61. The number of alkyl halides is 3. The summed E-state index contributed by atoms with van der Waals surface area (Å²) in [5.74, 6) is 2.53. The molecule has 2 aliphatic rings. The minimum Gasteiger partial charge on any atom is -0.387 e. The molecule has 198 valence electrons. The summed E-state index contributed by atoms with van der Waals surface area (Å²) in [4.78, 5) is 36.7. The summed E-state index contributed by atoms with van der Waals surface area (Å²) >= 11 is 0. The topological polar surface area (TPSA) is 140 Å². The van der Waals surface area contributed by atoms with Crippen LogP contribution < -0.4 is 10.6 Å². The van der Waals surface area contributed by atoms with Crippen molar-refractivity contribution < 1.29 is 37.3 Å². The summed E-state index contributed by atoms with van der Waals surface area (Å²) in [6.07, 6.45) is -6.08. The summed E-state index contributed by atoms with van der Waals surface area (Å²) in [5, 5.41) is 15.1. The van der Waals surface area contributed by atoms with E-state index in [2.05, 4.69) is 32.1 Å². The molecule has 2 aromatic heterocycles. The Bertz CT molecular complexity index is 1450. The summed E-state index contributed by atoms with van der Waals surface area (Å²) in [6.45, 7) is 1.40. The normalized spacial score (nSPS) is 24.2. The van der Waals surface area contributed by atoms with Gasteiger partial charge in [-0.1, -0.05) is 31.0 Å². The number of aromatic nitrogens is 4. The van der Waals surface area contributed by atoms with Crippen LogP contribution in [0.4, 0.5) is 19.0 Å². The molecular weight excluding hydrogens is 509 g/mol. The number of halogens is 3. The number of rotatable bonds is 5. The zero-order valence-corrected chi connectivity index (χ0v) is 19.8. The summed E-state index contributed by atoms with van der Waals surface area (Å²) in [7, 11) is 0. The van der Waals surface area contributed by atoms with Gasteiger partial charge in [0.05, 0.1) is 13.2 Å². The van der Waals surface area contributed by atoms with Crippen LogP contribution in [-0.4, -0.2) is 73.6 Å². The smallest absolute Gasteiger partial charge is 0.387 e. The zero-order valence-electron chi connectivity index (χ0n) is 19.8. The van der Waals surface area contributed by atoms with Crippen molar-refractivity contribution in [3.63, 3.8) is 0 Å². The average molecular weight is 530 g/mol. The van der Waals surface area contributed by atoms with Gasteiger partial charge in [-0.2, -0.15) is 13.2 Å². The van der Waals surface area contributed by atoms with E-state index in [0.717, 1.165) is 0 Å². The van der Waals surface area contributed by atoms with Crippen molar-refractivity contribution in [2.24, 2.45) is 0 Å². The van der Waals surface area contributed by atoms with E-state index in [1.807, 2.05) is 6.92 Å². The first-order valence-electron chi connectivity index (χ1n) is 11.6. The molecule has 1 aromatic carbocycles. The van der Waals surface area contributed by atoms with Gasteiger partial charge in [0.15, 0.2) is 29.0 Å². The van der Waals surface area contributed by atoms with Crippen molar-refractivity contribution in [3.05, 3.63) is 48.0 Å². The van der Waals surface area contributed by atoms with Gasteiger partial charge in [-0.15, -0.1) is 0 Å². The van der Waals surface area contributed by atoms with Gasteiger partial charge in [-0.25, -0.2) is 15.0 Å². The lowest BCUT2D eigenvalue weighted by molar-refractivity contribution is -0.173. The van der Waals surface area contributed by atoms with E-state index >= 15 is 0 Å². The number of hydrogen-bond donors (Lipinski definition) is 3. The molecule has 11 nitrogen and oxygen atoms in total. The number of aliphatic hydroxyl groups excluding tert-OH is 1. The molecule has 0 radical (unpaired) electrons. The van der Waals surface area contributed by atoms with Gasteiger partial charge in [-0.3, -0.25) is 14.2 Å². The second kappa shape index (κ2) is 9.67. The molecule has 2 bridgehead atoms. The number of hydrogen-bond acceptors (Lipinski definition) is 8. The zero-order chi connectivity index (χ0) is 27.1. The molecule has 38 heavy (non-hydrogen) atoms. The van der Waals surface area contributed by atoms with Crippen molar-refractivity contribution >= 4 is 28.8 Å². The van der Waals surface area contributed by atoms with Crippen molar-refractivity contribution in [2.45, 2.75) is 43.6 Å². The molecule has 14 heteroatoms. The first-order chi connectivity index (χ1) is 18.1. The largest absolute Gasteiger partial charge is 0.471 e. The first-order valence-corrected chi connectivity index (χ1v) is 11.6. The van der Waals surface area contributed by atoms with E-state index in [9.17, 15) is 27.9 Å². The predicted octanol–water partition coefficient (Wildman–Crippen LogP) is 1.55. The Hall–Kier alpha value is -4.06. The molecule has 2 aliphatic heterocycles. The molecule has 3 N–H and O–H groups in total. The summed E-state index contributed by atoms with van der Waals surface area (Å²) in [6, 6.07) is 8.39. The van der Waals surface area contributed by atoms with Crippen LogP contribution in [0, 0.1) is 11.8 Å². The lowest BCUT2D eigenvalue weighted by atomic mass is 9.96. The van der Waals surface area contributed by atoms with Gasteiger partial charge >= 0.3 is 12.1 Å². The SMILES string of the molecule is CC[C@]12CO[C@@H](C1O)[C@H](n1c(C#CCNC(=O)C(F)(F)F)nc3c(NC(=O)c4ccccc4)ncnc31)O2. The molecular formula is C24H21F3N6O5. The Labute approximate surface area is 213 Å². The van der Waals surface area contributed by atoms with Gasteiger partial charge < -0.3 is 25.2 Å². The van der Waals surface area contributed by atoms with Crippen molar-refractivity contribution in [2.75, 3.05) is 18.5 Å².